The Labute approximate surface area is 171 Å². The van der Waals surface area contributed by atoms with E-state index in [1.165, 1.54) is 6.33 Å². The van der Waals surface area contributed by atoms with Gasteiger partial charge in [0.1, 0.15) is 12.1 Å². The third-order valence-corrected chi connectivity index (χ3v) is 6.20. The van der Waals surface area contributed by atoms with Gasteiger partial charge in [0.25, 0.3) is 11.1 Å². The third-order valence-electron chi connectivity index (χ3n) is 5.39. The molecule has 9 heteroatoms. The first-order valence-electron chi connectivity index (χ1n) is 9.45. The van der Waals surface area contributed by atoms with Gasteiger partial charge in [-0.15, -0.1) is 0 Å². The minimum absolute atomic E-state index is 0.0822. The van der Waals surface area contributed by atoms with Gasteiger partial charge in [0.15, 0.2) is 0 Å². The first kappa shape index (κ1) is 19.4. The molecule has 3 heterocycles. The maximum Gasteiger partial charge on any atom is 0.306 e. The van der Waals surface area contributed by atoms with E-state index in [-0.39, 0.29) is 17.2 Å². The van der Waals surface area contributed by atoms with Gasteiger partial charge in [-0.05, 0) is 54.8 Å². The summed E-state index contributed by atoms with van der Waals surface area (Å²) in [5.74, 6) is -0.705. The molecule has 2 N–H and O–H groups in total. The van der Waals surface area contributed by atoms with Gasteiger partial charge in [0, 0.05) is 18.0 Å². The largest absolute Gasteiger partial charge is 0.481 e. The van der Waals surface area contributed by atoms with Crippen LogP contribution in [0.5, 0.6) is 0 Å². The fourth-order valence-electron chi connectivity index (χ4n) is 3.89. The van der Waals surface area contributed by atoms with Crippen LogP contribution in [0.2, 0.25) is 0 Å². The van der Waals surface area contributed by atoms with Crippen molar-refractivity contribution in [3.05, 3.63) is 35.0 Å². The van der Waals surface area contributed by atoms with Crippen LogP contribution in [0, 0.1) is 5.92 Å². The average Bonchev–Trinajstić information content (AvgIpc) is 3.03. The van der Waals surface area contributed by atoms with Crippen molar-refractivity contribution >= 4 is 51.7 Å². The Morgan fingerprint density at radius 3 is 2.90 bits per heavy atom. The number of carbonyl (C=O) groups excluding carboxylic acids is 2. The number of carboxylic acid groups (broad SMARTS) is 1. The number of hydrogen-bond donors (Lipinski definition) is 2. The molecule has 2 amide bonds. The van der Waals surface area contributed by atoms with Gasteiger partial charge in [0.2, 0.25) is 0 Å². The molecule has 8 nitrogen and oxygen atoms in total. The van der Waals surface area contributed by atoms with Crippen LogP contribution in [-0.4, -0.2) is 44.8 Å². The molecular weight excluding hydrogens is 392 g/mol. The van der Waals surface area contributed by atoms with Gasteiger partial charge in [0.05, 0.1) is 16.3 Å². The zero-order valence-electron chi connectivity index (χ0n) is 15.8. The van der Waals surface area contributed by atoms with E-state index in [4.69, 9.17) is 0 Å². The van der Waals surface area contributed by atoms with Crippen molar-refractivity contribution in [3.63, 3.8) is 0 Å². The van der Waals surface area contributed by atoms with Crippen LogP contribution in [0.4, 0.5) is 10.6 Å². The minimum Gasteiger partial charge on any atom is -0.481 e. The molecule has 1 aromatic carbocycles. The number of benzene rings is 1. The first-order chi connectivity index (χ1) is 14.0. The van der Waals surface area contributed by atoms with E-state index in [9.17, 15) is 19.5 Å². The van der Waals surface area contributed by atoms with E-state index in [1.54, 1.807) is 6.08 Å². The number of anilines is 1. The van der Waals surface area contributed by atoms with Crippen molar-refractivity contribution in [2.24, 2.45) is 5.92 Å². The van der Waals surface area contributed by atoms with Crippen LogP contribution in [0.1, 0.15) is 31.7 Å². The zero-order valence-corrected chi connectivity index (χ0v) is 16.6. The summed E-state index contributed by atoms with van der Waals surface area (Å²) in [7, 11) is 0. The molecule has 1 aromatic heterocycles. The molecular formula is C20H20N4O4S. The number of imide groups is 1. The molecule has 2 fully saturated rings. The van der Waals surface area contributed by atoms with Crippen molar-refractivity contribution in [3.8, 4) is 0 Å². The van der Waals surface area contributed by atoms with Crippen molar-refractivity contribution in [1.82, 2.24) is 15.3 Å². The summed E-state index contributed by atoms with van der Waals surface area (Å²) in [5, 5.41) is 12.1. The Balaban J connectivity index is 1.71. The second-order valence-electron chi connectivity index (χ2n) is 7.14. The summed E-state index contributed by atoms with van der Waals surface area (Å²) in [5.41, 5.74) is 1.54. The molecule has 0 bridgehead atoms. The lowest BCUT2D eigenvalue weighted by Gasteiger charge is -2.39. The topological polar surface area (TPSA) is 112 Å². The van der Waals surface area contributed by atoms with Crippen LogP contribution in [0.3, 0.4) is 0 Å². The Hall–Kier alpha value is -2.94. The molecule has 2 atom stereocenters. The summed E-state index contributed by atoms with van der Waals surface area (Å²) in [6.45, 7) is 2.66. The fourth-order valence-corrected chi connectivity index (χ4v) is 4.58. The molecule has 0 saturated carbocycles. The molecule has 2 unspecified atom stereocenters. The summed E-state index contributed by atoms with van der Waals surface area (Å²) in [6.07, 6.45) is 5.16. The maximum atomic E-state index is 11.8. The summed E-state index contributed by atoms with van der Waals surface area (Å²) in [4.78, 5) is 46.0. The van der Waals surface area contributed by atoms with Crippen LogP contribution >= 0.6 is 11.8 Å². The first-order valence-corrected chi connectivity index (χ1v) is 10.3. The Morgan fingerprint density at radius 2 is 2.21 bits per heavy atom. The number of thioether (sulfide) groups is 1. The number of amides is 2. The van der Waals surface area contributed by atoms with Gasteiger partial charge < -0.3 is 10.0 Å². The normalized spacial score (nSPS) is 23.6. The number of rotatable bonds is 4. The number of carboxylic acids is 1. The second kappa shape index (κ2) is 7.82. The van der Waals surface area contributed by atoms with Crippen molar-refractivity contribution < 1.29 is 19.5 Å². The Kier molecular flexibility index (Phi) is 5.23. The van der Waals surface area contributed by atoms with Crippen molar-refractivity contribution in [2.45, 2.75) is 32.2 Å². The van der Waals surface area contributed by atoms with Gasteiger partial charge in [-0.25, -0.2) is 9.97 Å². The smallest absolute Gasteiger partial charge is 0.306 e. The van der Waals surface area contributed by atoms with E-state index in [1.807, 2.05) is 25.1 Å². The van der Waals surface area contributed by atoms with E-state index < -0.39 is 11.9 Å². The lowest BCUT2D eigenvalue weighted by atomic mass is 9.89. The number of piperidine rings is 1. The summed E-state index contributed by atoms with van der Waals surface area (Å²) in [6, 6.07) is 5.69. The van der Waals surface area contributed by atoms with Crippen LogP contribution in [0.15, 0.2) is 29.4 Å². The SMILES string of the molecule is CCC1CC(C(=O)O)CCN1c1ncnc2ccc(C=C3SC(=O)NC3=O)cc12. The molecule has 4 rings (SSSR count). The average molecular weight is 412 g/mol. The highest BCUT2D eigenvalue weighted by Gasteiger charge is 2.32. The predicted molar refractivity (Wildman–Crippen MR) is 110 cm³/mol. The number of fused-ring (bicyclic) bond motifs is 1. The molecule has 0 spiro atoms. The van der Waals surface area contributed by atoms with Gasteiger partial charge >= 0.3 is 5.97 Å². The summed E-state index contributed by atoms with van der Waals surface area (Å²) < 4.78 is 0. The lowest BCUT2D eigenvalue weighted by Crippen LogP contribution is -2.44. The monoisotopic (exact) mass is 412 g/mol. The number of nitrogens with one attached hydrogen (secondary N) is 1. The van der Waals surface area contributed by atoms with Crippen molar-refractivity contribution in [2.75, 3.05) is 11.4 Å². The summed E-state index contributed by atoms with van der Waals surface area (Å²) >= 11 is 0.877. The second-order valence-corrected chi connectivity index (χ2v) is 8.16. The van der Waals surface area contributed by atoms with E-state index in [0.29, 0.717) is 24.3 Å². The molecule has 2 saturated heterocycles. The number of hydrogen-bond acceptors (Lipinski definition) is 7. The fraction of sp³-hybridized carbons (Fsp3) is 0.350. The van der Waals surface area contributed by atoms with Crippen LogP contribution in [0.25, 0.3) is 17.0 Å². The third kappa shape index (κ3) is 3.82. The standard InChI is InChI=1S/C20H20N4O4S/c1-2-13-9-12(19(26)27)5-6-24(13)17-14-7-11(3-4-15(14)21-10-22-17)8-16-18(25)23-20(28)29-16/h3-4,7-8,10,12-13H,2,5-6,9H2,1H3,(H,26,27)(H,23,25,28). The quantitative estimate of drug-likeness (QED) is 0.737. The van der Waals surface area contributed by atoms with Gasteiger partial charge in [-0.1, -0.05) is 13.0 Å². The van der Waals surface area contributed by atoms with Gasteiger partial charge in [-0.2, -0.15) is 0 Å². The van der Waals surface area contributed by atoms with Crippen LogP contribution in [-0.2, 0) is 9.59 Å². The minimum atomic E-state index is -0.744. The highest BCUT2D eigenvalue weighted by atomic mass is 32.2. The maximum absolute atomic E-state index is 11.8. The lowest BCUT2D eigenvalue weighted by molar-refractivity contribution is -0.142. The number of aliphatic carboxylic acids is 1. The number of carbonyl (C=O) groups is 3. The number of aromatic nitrogens is 2. The van der Waals surface area contributed by atoms with E-state index in [0.717, 1.165) is 40.5 Å². The zero-order chi connectivity index (χ0) is 20.5. The van der Waals surface area contributed by atoms with Gasteiger partial charge in [-0.3, -0.25) is 19.7 Å². The molecule has 2 aliphatic heterocycles. The highest BCUT2D eigenvalue weighted by molar-refractivity contribution is 8.18. The Morgan fingerprint density at radius 1 is 1.38 bits per heavy atom. The molecule has 2 aromatic rings. The highest BCUT2D eigenvalue weighted by Crippen LogP contribution is 2.33. The molecule has 0 radical (unpaired) electrons. The molecule has 2 aliphatic rings. The van der Waals surface area contributed by atoms with E-state index in [2.05, 4.69) is 20.2 Å². The molecule has 29 heavy (non-hydrogen) atoms. The predicted octanol–water partition coefficient (Wildman–Crippen LogP) is 3.03. The number of nitrogens with zero attached hydrogens (tertiary/aromatic N) is 3. The molecule has 0 aliphatic carbocycles. The van der Waals surface area contributed by atoms with Crippen LogP contribution < -0.4 is 10.2 Å². The van der Waals surface area contributed by atoms with E-state index >= 15 is 0 Å². The molecule has 150 valence electrons. The Bertz CT molecular complexity index is 1040. The van der Waals surface area contributed by atoms with Crippen molar-refractivity contribution in [1.29, 1.82) is 0 Å².